The molecular formula is C13H14ClNS2. The van der Waals surface area contributed by atoms with Crippen molar-refractivity contribution in [2.24, 2.45) is 5.73 Å². The van der Waals surface area contributed by atoms with Crippen LogP contribution in [-0.2, 0) is 6.42 Å². The van der Waals surface area contributed by atoms with Crippen molar-refractivity contribution < 1.29 is 0 Å². The van der Waals surface area contributed by atoms with Gasteiger partial charge in [-0.15, -0.1) is 11.8 Å². The fourth-order valence-electron chi connectivity index (χ4n) is 1.53. The van der Waals surface area contributed by atoms with Gasteiger partial charge in [-0.3, -0.25) is 0 Å². The van der Waals surface area contributed by atoms with Crippen molar-refractivity contribution in [3.05, 3.63) is 51.7 Å². The van der Waals surface area contributed by atoms with E-state index < -0.39 is 0 Å². The summed E-state index contributed by atoms with van der Waals surface area (Å²) in [6.45, 7) is 0. The Balaban J connectivity index is 1.82. The third-order valence-corrected chi connectivity index (χ3v) is 4.49. The molecular weight excluding hydrogens is 270 g/mol. The van der Waals surface area contributed by atoms with Crippen molar-refractivity contribution in [3.63, 3.8) is 0 Å². The van der Waals surface area contributed by atoms with Crippen LogP contribution in [0.15, 0.2) is 46.0 Å². The molecule has 0 aliphatic rings. The second kappa shape index (κ2) is 6.45. The first kappa shape index (κ1) is 13.0. The van der Waals surface area contributed by atoms with Crippen LogP contribution in [0.5, 0.6) is 0 Å². The maximum absolute atomic E-state index is 6.10. The number of halogens is 1. The topological polar surface area (TPSA) is 26.0 Å². The van der Waals surface area contributed by atoms with Gasteiger partial charge in [-0.05, 0) is 47.0 Å². The summed E-state index contributed by atoms with van der Waals surface area (Å²) in [5.74, 6) is 0.913. The summed E-state index contributed by atoms with van der Waals surface area (Å²) in [5.41, 5.74) is 7.43. The van der Waals surface area contributed by atoms with Gasteiger partial charge in [-0.25, -0.2) is 0 Å². The average Bonchev–Trinajstić information content (AvgIpc) is 2.79. The third-order valence-electron chi connectivity index (χ3n) is 2.34. The zero-order chi connectivity index (χ0) is 12.1. The van der Waals surface area contributed by atoms with Crippen LogP contribution < -0.4 is 5.73 Å². The van der Waals surface area contributed by atoms with Crippen molar-refractivity contribution in [2.45, 2.75) is 17.4 Å². The van der Waals surface area contributed by atoms with E-state index >= 15 is 0 Å². The first-order valence-electron chi connectivity index (χ1n) is 5.39. The standard InChI is InChI=1S/C13H14ClNS2/c14-11-2-1-3-13(7-11)17-9-12(15)6-10-4-5-16-8-10/h1-5,7-8,12H,6,9,15H2. The molecule has 1 aromatic carbocycles. The second-order valence-electron chi connectivity index (χ2n) is 3.86. The Morgan fingerprint density at radius 1 is 1.35 bits per heavy atom. The van der Waals surface area contributed by atoms with E-state index in [0.29, 0.717) is 0 Å². The van der Waals surface area contributed by atoms with E-state index in [9.17, 15) is 0 Å². The molecule has 1 atom stereocenters. The summed E-state index contributed by atoms with van der Waals surface area (Å²) in [7, 11) is 0. The maximum atomic E-state index is 6.10. The van der Waals surface area contributed by atoms with Crippen molar-refractivity contribution in [1.82, 2.24) is 0 Å². The van der Waals surface area contributed by atoms with Gasteiger partial charge in [0.05, 0.1) is 0 Å². The maximum Gasteiger partial charge on any atom is 0.0417 e. The van der Waals surface area contributed by atoms with E-state index in [2.05, 4.69) is 22.9 Å². The molecule has 0 aliphatic heterocycles. The van der Waals surface area contributed by atoms with E-state index in [1.807, 2.05) is 18.2 Å². The predicted molar refractivity (Wildman–Crippen MR) is 78.2 cm³/mol. The second-order valence-corrected chi connectivity index (χ2v) is 6.17. The Hall–Kier alpha value is -0.480. The zero-order valence-electron chi connectivity index (χ0n) is 9.30. The monoisotopic (exact) mass is 283 g/mol. The van der Waals surface area contributed by atoms with E-state index in [1.165, 1.54) is 10.5 Å². The van der Waals surface area contributed by atoms with Crippen molar-refractivity contribution in [1.29, 1.82) is 0 Å². The SMILES string of the molecule is NC(CSc1cccc(Cl)c1)Cc1ccsc1. The quantitative estimate of drug-likeness (QED) is 0.838. The first-order chi connectivity index (χ1) is 8.24. The molecule has 1 unspecified atom stereocenters. The number of thioether (sulfide) groups is 1. The lowest BCUT2D eigenvalue weighted by molar-refractivity contribution is 0.750. The Labute approximate surface area is 115 Å². The minimum absolute atomic E-state index is 0.189. The lowest BCUT2D eigenvalue weighted by Gasteiger charge is -2.10. The number of rotatable bonds is 5. The first-order valence-corrected chi connectivity index (χ1v) is 7.69. The van der Waals surface area contributed by atoms with Crippen LogP contribution in [0.3, 0.4) is 0 Å². The van der Waals surface area contributed by atoms with Gasteiger partial charge < -0.3 is 5.73 Å². The molecule has 1 aromatic heterocycles. The molecule has 2 aromatic rings. The van der Waals surface area contributed by atoms with Crippen LogP contribution in [0.25, 0.3) is 0 Å². The van der Waals surface area contributed by atoms with Gasteiger partial charge in [0.2, 0.25) is 0 Å². The lowest BCUT2D eigenvalue weighted by Crippen LogP contribution is -2.25. The lowest BCUT2D eigenvalue weighted by atomic mass is 10.1. The zero-order valence-corrected chi connectivity index (χ0v) is 11.7. The average molecular weight is 284 g/mol. The van der Waals surface area contributed by atoms with Crippen molar-refractivity contribution in [3.8, 4) is 0 Å². The van der Waals surface area contributed by atoms with Gasteiger partial charge >= 0.3 is 0 Å². The predicted octanol–water partition coefficient (Wildman–Crippen LogP) is 4.06. The highest BCUT2D eigenvalue weighted by atomic mass is 35.5. The Morgan fingerprint density at radius 3 is 2.94 bits per heavy atom. The van der Waals surface area contributed by atoms with Crippen LogP contribution in [0.2, 0.25) is 5.02 Å². The van der Waals surface area contributed by atoms with E-state index in [1.54, 1.807) is 23.1 Å². The Kier molecular flexibility index (Phi) is 4.92. The molecule has 0 aliphatic carbocycles. The molecule has 2 rings (SSSR count). The molecule has 2 N–H and O–H groups in total. The summed E-state index contributed by atoms with van der Waals surface area (Å²) >= 11 is 9.41. The van der Waals surface area contributed by atoms with Crippen LogP contribution in [-0.4, -0.2) is 11.8 Å². The molecule has 0 spiro atoms. The molecule has 0 saturated heterocycles. The molecule has 0 saturated carbocycles. The van der Waals surface area contributed by atoms with Crippen molar-refractivity contribution >= 4 is 34.7 Å². The summed E-state index contributed by atoms with van der Waals surface area (Å²) in [5, 5.41) is 5.03. The Morgan fingerprint density at radius 2 is 2.24 bits per heavy atom. The highest BCUT2D eigenvalue weighted by Crippen LogP contribution is 2.22. The number of benzene rings is 1. The van der Waals surface area contributed by atoms with E-state index in [4.69, 9.17) is 17.3 Å². The Bertz CT molecular complexity index is 456. The van der Waals surface area contributed by atoms with Gasteiger partial charge in [0, 0.05) is 21.7 Å². The summed E-state index contributed by atoms with van der Waals surface area (Å²) in [6, 6.07) is 10.2. The van der Waals surface area contributed by atoms with Crippen molar-refractivity contribution in [2.75, 3.05) is 5.75 Å². The van der Waals surface area contributed by atoms with E-state index in [0.717, 1.165) is 17.2 Å². The number of hydrogen-bond acceptors (Lipinski definition) is 3. The minimum Gasteiger partial charge on any atom is -0.327 e. The fraction of sp³-hybridized carbons (Fsp3) is 0.231. The summed E-state index contributed by atoms with van der Waals surface area (Å²) < 4.78 is 0. The highest BCUT2D eigenvalue weighted by Gasteiger charge is 2.05. The summed E-state index contributed by atoms with van der Waals surface area (Å²) in [6.07, 6.45) is 0.942. The van der Waals surface area contributed by atoms with Crippen LogP contribution in [0, 0.1) is 0 Å². The molecule has 90 valence electrons. The molecule has 1 heterocycles. The van der Waals surface area contributed by atoms with Crippen LogP contribution >= 0.6 is 34.7 Å². The third kappa shape index (κ3) is 4.36. The minimum atomic E-state index is 0.189. The molecule has 0 radical (unpaired) electrons. The number of hydrogen-bond donors (Lipinski definition) is 1. The van der Waals surface area contributed by atoms with Gasteiger partial charge in [-0.2, -0.15) is 11.3 Å². The smallest absolute Gasteiger partial charge is 0.0417 e. The highest BCUT2D eigenvalue weighted by molar-refractivity contribution is 7.99. The van der Waals surface area contributed by atoms with Gasteiger partial charge in [0.25, 0.3) is 0 Å². The molecule has 17 heavy (non-hydrogen) atoms. The van der Waals surface area contributed by atoms with Crippen LogP contribution in [0.1, 0.15) is 5.56 Å². The van der Waals surface area contributed by atoms with E-state index in [-0.39, 0.29) is 6.04 Å². The fourth-order valence-corrected chi connectivity index (χ4v) is 3.38. The molecule has 1 nitrogen and oxygen atoms in total. The number of thiophene rings is 1. The summed E-state index contributed by atoms with van der Waals surface area (Å²) in [4.78, 5) is 1.18. The molecule has 4 heteroatoms. The van der Waals surface area contributed by atoms with Gasteiger partial charge in [0.15, 0.2) is 0 Å². The van der Waals surface area contributed by atoms with Crippen LogP contribution in [0.4, 0.5) is 0 Å². The molecule has 0 bridgehead atoms. The normalized spacial score (nSPS) is 12.6. The largest absolute Gasteiger partial charge is 0.327 e. The van der Waals surface area contributed by atoms with Gasteiger partial charge in [-0.1, -0.05) is 17.7 Å². The molecule has 0 amide bonds. The van der Waals surface area contributed by atoms with Gasteiger partial charge in [0.1, 0.15) is 0 Å². The number of nitrogens with two attached hydrogens (primary N) is 1. The molecule has 0 fully saturated rings.